The fraction of sp³-hybridized carbons (Fsp3) is 0.494. The van der Waals surface area contributed by atoms with Crippen LogP contribution in [0.5, 0.6) is 0 Å². The first-order valence-electron chi connectivity index (χ1n) is 36.8. The number of fused-ring (bicyclic) bond motifs is 4. The van der Waals surface area contributed by atoms with Crippen LogP contribution < -0.4 is 0 Å². The topological polar surface area (TPSA) is 233 Å². The molecule has 8 aromatic rings. The summed E-state index contributed by atoms with van der Waals surface area (Å²) in [7, 11) is 0. The van der Waals surface area contributed by atoms with Crippen LogP contribution in [0.1, 0.15) is 159 Å². The van der Waals surface area contributed by atoms with Crippen molar-refractivity contribution in [2.45, 2.75) is 140 Å². The van der Waals surface area contributed by atoms with Gasteiger partial charge in [-0.05, 0) is 255 Å². The molecule has 4 N–H and O–H groups in total. The van der Waals surface area contributed by atoms with Crippen LogP contribution in [-0.2, 0) is 44.9 Å². The van der Waals surface area contributed by atoms with Crippen LogP contribution in [0.15, 0.2) is 146 Å². The molecule has 101 heavy (non-hydrogen) atoms. The summed E-state index contributed by atoms with van der Waals surface area (Å²) in [5.74, 6) is 1.71. The SMILES string of the molecule is CC1CCN(CCC2CCc3c2cnn3-c2ccccc2)CC1.O=C(O)C(=O)O.O=C(O)C(=O)O.c1ccc(-n2ncc3c2CCC3CCN2CCCCC2)cc1.c1ccc(-n2ncc3c2CCC3CCN2CCSCC2)cc1.c1ccc(-n2ncc3c2CCC3CCN2CCSCC2)cc1. The van der Waals surface area contributed by atoms with Gasteiger partial charge in [0.2, 0.25) is 0 Å². The summed E-state index contributed by atoms with van der Waals surface area (Å²) >= 11 is 4.18. The Morgan fingerprint density at radius 1 is 0.347 bits per heavy atom. The second-order valence-electron chi connectivity index (χ2n) is 27.8. The Labute approximate surface area is 603 Å². The molecule has 4 aromatic heterocycles. The van der Waals surface area contributed by atoms with Gasteiger partial charge in [-0.2, -0.15) is 43.9 Å². The molecule has 4 saturated heterocycles. The average Bonchev–Trinajstić information content (AvgIpc) is 1.66. The molecule has 20 nitrogen and oxygen atoms in total. The van der Waals surface area contributed by atoms with Gasteiger partial charge in [0.05, 0.1) is 47.5 Å². The van der Waals surface area contributed by atoms with Crippen molar-refractivity contribution in [2.24, 2.45) is 5.92 Å². The standard InChI is InChI=1S/C20H27N3.C19H25N3.2C18H23N3S.2C2H2O4/c1-16-9-12-22(13-10-16)14-11-17-7-8-20-19(17)15-21-23(20)18-5-3-2-4-6-18;1-3-7-17(8-4-1)22-19-10-9-16(18(19)15-20-22)11-14-21-12-5-2-6-13-21;2*1-2-4-16(5-3-1)21-18-7-6-15(17(18)14-19-21)8-9-20-10-12-22-13-11-20;2*3-1(4)2(5)6/h2-6,15-17H,7-14H2,1H3;1,3-4,7-8,15-16H,2,5-6,9-14H2;2*1-5,14-15H,6-13H2;2*(H,3,4)(H,5,6). The zero-order valence-electron chi connectivity index (χ0n) is 58.7. The van der Waals surface area contributed by atoms with Gasteiger partial charge < -0.3 is 40.0 Å². The van der Waals surface area contributed by atoms with E-state index in [4.69, 9.17) is 39.6 Å². The number of hydrogen-bond acceptors (Lipinski definition) is 14. The average molecular weight is 1410 g/mol. The van der Waals surface area contributed by atoms with Gasteiger partial charge in [-0.3, -0.25) is 0 Å². The van der Waals surface area contributed by atoms with Crippen molar-refractivity contribution in [3.05, 3.63) is 191 Å². The maximum atomic E-state index is 9.10. The first kappa shape index (κ1) is 74.3. The summed E-state index contributed by atoms with van der Waals surface area (Å²) in [6, 6.07) is 42.1. The first-order chi connectivity index (χ1) is 49.3. The largest absolute Gasteiger partial charge is 0.473 e. The van der Waals surface area contributed by atoms with Gasteiger partial charge in [0.15, 0.2) is 0 Å². The zero-order valence-corrected chi connectivity index (χ0v) is 60.3. The minimum Gasteiger partial charge on any atom is -0.473 e. The minimum absolute atomic E-state index is 0.710. The number of aliphatic carboxylic acids is 4. The molecule has 0 bridgehead atoms. The highest BCUT2D eigenvalue weighted by Gasteiger charge is 2.32. The van der Waals surface area contributed by atoms with E-state index in [1.807, 2.05) is 0 Å². The Balaban J connectivity index is 0.000000128. The molecule has 16 rings (SSSR count). The highest BCUT2D eigenvalue weighted by molar-refractivity contribution is 7.99. The van der Waals surface area contributed by atoms with Crippen molar-refractivity contribution in [1.82, 2.24) is 58.7 Å². The number of thioether (sulfide) groups is 2. The van der Waals surface area contributed by atoms with Gasteiger partial charge in [-0.25, -0.2) is 37.9 Å². The van der Waals surface area contributed by atoms with Crippen molar-refractivity contribution in [1.29, 1.82) is 0 Å². The zero-order chi connectivity index (χ0) is 70.3. The molecule has 8 aliphatic rings. The van der Waals surface area contributed by atoms with Crippen molar-refractivity contribution >= 4 is 47.4 Å². The molecular weight excluding hydrogens is 1310 g/mol. The van der Waals surface area contributed by atoms with E-state index in [9.17, 15) is 0 Å². The Hall–Kier alpha value is -7.86. The van der Waals surface area contributed by atoms with E-state index < -0.39 is 23.9 Å². The molecule has 4 aliphatic carbocycles. The Kier molecular flexibility index (Phi) is 27.9. The number of benzene rings is 4. The Bertz CT molecular complexity index is 3550. The van der Waals surface area contributed by atoms with Crippen molar-refractivity contribution in [3.8, 4) is 22.7 Å². The minimum atomic E-state index is -1.82. The third-order valence-electron chi connectivity index (χ3n) is 21.4. The summed E-state index contributed by atoms with van der Waals surface area (Å²) in [5.41, 5.74) is 16.5. The maximum Gasteiger partial charge on any atom is 0.414 e. The van der Waals surface area contributed by atoms with Crippen LogP contribution in [0.3, 0.4) is 0 Å². The molecule has 538 valence electrons. The highest BCUT2D eigenvalue weighted by Crippen LogP contribution is 2.41. The molecule has 4 unspecified atom stereocenters. The van der Waals surface area contributed by atoms with Crippen LogP contribution in [0.4, 0.5) is 0 Å². The van der Waals surface area contributed by atoms with Crippen LogP contribution in [0.25, 0.3) is 22.7 Å². The third-order valence-corrected chi connectivity index (χ3v) is 23.2. The van der Waals surface area contributed by atoms with E-state index in [2.05, 4.69) is 235 Å². The lowest BCUT2D eigenvalue weighted by Gasteiger charge is -2.30. The molecule has 22 heteroatoms. The number of aromatic nitrogens is 8. The van der Waals surface area contributed by atoms with Gasteiger partial charge in [0.1, 0.15) is 0 Å². The van der Waals surface area contributed by atoms with E-state index in [1.54, 1.807) is 0 Å². The fourth-order valence-corrected chi connectivity index (χ4v) is 17.6. The van der Waals surface area contributed by atoms with Crippen molar-refractivity contribution in [2.75, 3.05) is 102 Å². The molecule has 0 saturated carbocycles. The number of carboxylic acid groups (broad SMARTS) is 4. The van der Waals surface area contributed by atoms with E-state index >= 15 is 0 Å². The molecule has 4 atom stereocenters. The normalized spacial score (nSPS) is 20.3. The summed E-state index contributed by atoms with van der Waals surface area (Å²) in [6.45, 7) is 17.7. The van der Waals surface area contributed by atoms with Crippen LogP contribution in [-0.4, -0.2) is 205 Å². The van der Waals surface area contributed by atoms with E-state index in [0.717, 1.165) is 11.8 Å². The third kappa shape index (κ3) is 20.7. The number of para-hydroxylation sites is 4. The van der Waals surface area contributed by atoms with Crippen molar-refractivity contribution in [3.63, 3.8) is 0 Å². The van der Waals surface area contributed by atoms with E-state index in [0.29, 0.717) is 17.8 Å². The molecule has 0 radical (unpaired) electrons. The molecule has 0 spiro atoms. The van der Waals surface area contributed by atoms with Gasteiger partial charge >= 0.3 is 23.9 Å². The molecule has 4 aliphatic heterocycles. The van der Waals surface area contributed by atoms with Crippen LogP contribution in [0, 0.1) is 5.92 Å². The number of piperidine rings is 2. The highest BCUT2D eigenvalue weighted by atomic mass is 32.2. The van der Waals surface area contributed by atoms with Crippen molar-refractivity contribution < 1.29 is 39.6 Å². The van der Waals surface area contributed by atoms with Gasteiger partial charge in [-0.15, -0.1) is 0 Å². The number of rotatable bonds is 16. The number of likely N-dealkylation sites (tertiary alicyclic amines) is 2. The van der Waals surface area contributed by atoms with E-state index in [1.165, 1.54) is 278 Å². The second kappa shape index (κ2) is 37.9. The molecule has 8 heterocycles. The summed E-state index contributed by atoms with van der Waals surface area (Å²) in [5, 5.41) is 48.2. The van der Waals surface area contributed by atoms with Crippen LogP contribution >= 0.6 is 23.5 Å². The van der Waals surface area contributed by atoms with Gasteiger partial charge in [-0.1, -0.05) is 86.1 Å². The number of nitrogens with zero attached hydrogens (tertiary/aromatic N) is 12. The molecule has 0 amide bonds. The lowest BCUT2D eigenvalue weighted by Crippen LogP contribution is -2.34. The predicted octanol–water partition coefficient (Wildman–Crippen LogP) is 12.8. The van der Waals surface area contributed by atoms with Gasteiger partial charge in [0, 0.05) is 72.0 Å². The Morgan fingerprint density at radius 2 is 0.594 bits per heavy atom. The monoisotopic (exact) mass is 1410 g/mol. The number of carbonyl (C=O) groups is 4. The first-order valence-corrected chi connectivity index (χ1v) is 39.1. The maximum absolute atomic E-state index is 9.10. The fourth-order valence-electron chi connectivity index (χ4n) is 15.6. The second-order valence-corrected chi connectivity index (χ2v) is 30.3. The predicted molar refractivity (Wildman–Crippen MR) is 400 cm³/mol. The molecule has 4 fully saturated rings. The number of carboxylic acids is 4. The smallest absolute Gasteiger partial charge is 0.414 e. The molecule has 4 aromatic carbocycles. The summed E-state index contributed by atoms with van der Waals surface area (Å²) in [6.07, 6.45) is 30.5. The quantitative estimate of drug-likeness (QED) is 0.0658. The number of hydrogen-bond donors (Lipinski definition) is 4. The van der Waals surface area contributed by atoms with E-state index in [-0.39, 0.29) is 0 Å². The summed E-state index contributed by atoms with van der Waals surface area (Å²) < 4.78 is 8.59. The Morgan fingerprint density at radius 3 is 0.851 bits per heavy atom. The molecular formula is C79H102N12O8S2. The summed E-state index contributed by atoms with van der Waals surface area (Å²) in [4.78, 5) is 47.0. The van der Waals surface area contributed by atoms with Crippen LogP contribution in [0.2, 0.25) is 0 Å². The van der Waals surface area contributed by atoms with Gasteiger partial charge in [0.25, 0.3) is 0 Å². The lowest BCUT2D eigenvalue weighted by atomic mass is 9.96. The lowest BCUT2D eigenvalue weighted by molar-refractivity contribution is -0.159.